The Kier molecular flexibility index (Phi) is 4.89. The van der Waals surface area contributed by atoms with Gasteiger partial charge in [0.25, 0.3) is 0 Å². The van der Waals surface area contributed by atoms with Gasteiger partial charge in [0, 0.05) is 0 Å². The fourth-order valence-corrected chi connectivity index (χ4v) is 0.299. The van der Waals surface area contributed by atoms with Crippen molar-refractivity contribution in [2.24, 2.45) is 5.73 Å². The van der Waals surface area contributed by atoms with E-state index in [1.807, 2.05) is 0 Å². The second-order valence-corrected chi connectivity index (χ2v) is 1.53. The van der Waals surface area contributed by atoms with Gasteiger partial charge in [0.15, 0.2) is 0 Å². The highest BCUT2D eigenvalue weighted by atomic mass is 16.5. The first-order valence-corrected chi connectivity index (χ1v) is 2.54. The van der Waals surface area contributed by atoms with Crippen LogP contribution >= 0.6 is 0 Å². The summed E-state index contributed by atoms with van der Waals surface area (Å²) in [6.07, 6.45) is 0. The van der Waals surface area contributed by atoms with E-state index >= 15 is 0 Å². The van der Waals surface area contributed by atoms with Gasteiger partial charge in [0.05, 0.1) is 20.4 Å². The minimum Gasteiger partial charge on any atom is -0.634 e. The Morgan fingerprint density at radius 2 is 2.38 bits per heavy atom. The summed E-state index contributed by atoms with van der Waals surface area (Å²) >= 11 is 0. The zero-order chi connectivity index (χ0) is 6.41. The van der Waals surface area contributed by atoms with Crippen molar-refractivity contribution in [3.05, 3.63) is 5.21 Å². The zero-order valence-corrected chi connectivity index (χ0v) is 5.02. The van der Waals surface area contributed by atoms with E-state index in [-0.39, 0.29) is 11.8 Å². The molecule has 0 aromatic heterocycles. The molecule has 0 bridgehead atoms. The molecule has 0 saturated heterocycles. The second-order valence-electron chi connectivity index (χ2n) is 1.53. The van der Waals surface area contributed by atoms with Gasteiger partial charge in [-0.15, -0.1) is 0 Å². The number of rotatable bonds is 4. The lowest BCUT2D eigenvalue weighted by Gasteiger charge is -2.14. The van der Waals surface area contributed by atoms with Gasteiger partial charge in [-0.2, -0.15) is 0 Å². The fraction of sp³-hybridized carbons (Fsp3) is 1.00. The molecule has 50 valence electrons. The second kappa shape index (κ2) is 4.99. The summed E-state index contributed by atoms with van der Waals surface area (Å²) in [5, 5.41) is 10.3. The van der Waals surface area contributed by atoms with Gasteiger partial charge in [0.2, 0.25) is 0 Å². The van der Waals surface area contributed by atoms with Crippen LogP contribution in [-0.2, 0) is 4.74 Å². The summed E-state index contributed by atoms with van der Waals surface area (Å²) in [4.78, 5) is 0. The van der Waals surface area contributed by atoms with E-state index in [9.17, 15) is 5.21 Å². The van der Waals surface area contributed by atoms with Crippen LogP contribution in [0.5, 0.6) is 0 Å². The SMILES string of the molecule is C[NH+]([O-])CCOCN. The van der Waals surface area contributed by atoms with Crippen LogP contribution in [0.25, 0.3) is 0 Å². The maximum Gasteiger partial charge on any atom is 0.100 e. The first-order valence-electron chi connectivity index (χ1n) is 2.54. The van der Waals surface area contributed by atoms with Crippen LogP contribution in [0.4, 0.5) is 0 Å². The molecule has 0 heterocycles. The standard InChI is InChI=1S/C4H12N2O2/c1-6(7)2-3-8-4-5/h6H,2-5H2,1H3. The lowest BCUT2D eigenvalue weighted by Crippen LogP contribution is -3.04. The molecule has 4 heteroatoms. The minimum absolute atomic E-state index is 0.137. The molecule has 0 aliphatic rings. The Bertz CT molecular complexity index is 49.3. The van der Waals surface area contributed by atoms with Crippen LogP contribution in [0.1, 0.15) is 0 Å². The lowest BCUT2D eigenvalue weighted by molar-refractivity contribution is -0.826. The van der Waals surface area contributed by atoms with E-state index in [1.54, 1.807) is 0 Å². The van der Waals surface area contributed by atoms with E-state index in [0.29, 0.717) is 13.2 Å². The Labute approximate surface area is 48.8 Å². The summed E-state index contributed by atoms with van der Waals surface area (Å²) in [6, 6.07) is 0. The largest absolute Gasteiger partial charge is 0.634 e. The van der Waals surface area contributed by atoms with Crippen molar-refractivity contribution in [2.45, 2.75) is 0 Å². The molecule has 0 aromatic rings. The van der Waals surface area contributed by atoms with Crippen LogP contribution in [0.3, 0.4) is 0 Å². The number of nitrogens with two attached hydrogens (primary N) is 1. The number of quaternary nitrogens is 1. The average molecular weight is 120 g/mol. The molecule has 0 aromatic carbocycles. The van der Waals surface area contributed by atoms with Crippen LogP contribution in [-0.4, -0.2) is 26.9 Å². The summed E-state index contributed by atoms with van der Waals surface area (Å²) < 4.78 is 4.70. The van der Waals surface area contributed by atoms with Crippen LogP contribution in [0.2, 0.25) is 0 Å². The highest BCUT2D eigenvalue weighted by molar-refractivity contribution is 4.21. The third kappa shape index (κ3) is 5.84. The molecular weight excluding hydrogens is 108 g/mol. The Balaban J connectivity index is 2.72. The molecule has 0 saturated carbocycles. The molecule has 0 aliphatic carbocycles. The molecule has 4 nitrogen and oxygen atoms in total. The molecule has 3 N–H and O–H groups in total. The predicted molar refractivity (Wildman–Crippen MR) is 30.1 cm³/mol. The monoisotopic (exact) mass is 120 g/mol. The average Bonchev–Trinajstić information content (AvgIpc) is 1.66. The highest BCUT2D eigenvalue weighted by Gasteiger charge is 1.85. The molecular formula is C4H12N2O2. The van der Waals surface area contributed by atoms with Gasteiger partial charge < -0.3 is 20.7 Å². The van der Waals surface area contributed by atoms with E-state index in [0.717, 1.165) is 0 Å². The van der Waals surface area contributed by atoms with Gasteiger partial charge in [-0.25, -0.2) is 0 Å². The minimum atomic E-state index is 0.137. The van der Waals surface area contributed by atoms with Gasteiger partial charge in [-0.1, -0.05) is 0 Å². The molecule has 0 rings (SSSR count). The normalized spacial score (nSPS) is 13.9. The first-order chi connectivity index (χ1) is 3.77. The number of nitrogens with one attached hydrogen (secondary N) is 1. The van der Waals surface area contributed by atoms with Crippen LogP contribution in [0, 0.1) is 5.21 Å². The third-order valence-electron chi connectivity index (χ3n) is 0.716. The van der Waals surface area contributed by atoms with Crippen molar-refractivity contribution in [1.82, 2.24) is 0 Å². The van der Waals surface area contributed by atoms with Crippen LogP contribution < -0.4 is 10.8 Å². The summed E-state index contributed by atoms with van der Waals surface area (Å²) in [5.41, 5.74) is 4.98. The van der Waals surface area contributed by atoms with Crippen molar-refractivity contribution in [1.29, 1.82) is 0 Å². The van der Waals surface area contributed by atoms with E-state index in [2.05, 4.69) is 0 Å². The van der Waals surface area contributed by atoms with Crippen molar-refractivity contribution in [3.63, 3.8) is 0 Å². The first kappa shape index (κ1) is 7.84. The topological polar surface area (TPSA) is 62.8 Å². The van der Waals surface area contributed by atoms with E-state index < -0.39 is 0 Å². The molecule has 8 heavy (non-hydrogen) atoms. The van der Waals surface area contributed by atoms with Crippen molar-refractivity contribution < 1.29 is 9.80 Å². The molecule has 0 aliphatic heterocycles. The zero-order valence-electron chi connectivity index (χ0n) is 5.02. The molecule has 0 amide bonds. The quantitative estimate of drug-likeness (QED) is 0.254. The van der Waals surface area contributed by atoms with Crippen molar-refractivity contribution >= 4 is 0 Å². The number of hydroxylamine groups is 2. The maximum absolute atomic E-state index is 10.2. The fourth-order valence-electron chi connectivity index (χ4n) is 0.299. The molecule has 1 atom stereocenters. The van der Waals surface area contributed by atoms with Crippen molar-refractivity contribution in [3.8, 4) is 0 Å². The van der Waals surface area contributed by atoms with Gasteiger partial charge in [0.1, 0.15) is 6.54 Å². The Morgan fingerprint density at radius 1 is 1.75 bits per heavy atom. The maximum atomic E-state index is 10.2. The molecule has 0 fully saturated rings. The number of hydrogen-bond acceptors (Lipinski definition) is 3. The van der Waals surface area contributed by atoms with E-state index in [4.69, 9.17) is 10.5 Å². The molecule has 0 spiro atoms. The van der Waals surface area contributed by atoms with E-state index in [1.165, 1.54) is 7.05 Å². The summed E-state index contributed by atoms with van der Waals surface area (Å²) in [6.45, 7) is 1.12. The third-order valence-corrected chi connectivity index (χ3v) is 0.716. The van der Waals surface area contributed by atoms with Crippen molar-refractivity contribution in [2.75, 3.05) is 26.9 Å². The number of likely N-dealkylation sites (N-methyl/N-ethyl adjacent to an activating group) is 1. The Morgan fingerprint density at radius 3 is 2.75 bits per heavy atom. The number of ether oxygens (including phenoxy) is 1. The number of hydrogen-bond donors (Lipinski definition) is 2. The van der Waals surface area contributed by atoms with Gasteiger partial charge in [-0.3, -0.25) is 0 Å². The predicted octanol–water partition coefficient (Wildman–Crippen LogP) is -2.07. The van der Waals surface area contributed by atoms with Gasteiger partial charge >= 0.3 is 0 Å². The van der Waals surface area contributed by atoms with Crippen LogP contribution in [0.15, 0.2) is 0 Å². The molecule has 1 unspecified atom stereocenters. The Hall–Kier alpha value is -0.160. The smallest absolute Gasteiger partial charge is 0.100 e. The summed E-state index contributed by atoms with van der Waals surface area (Å²) in [5.74, 6) is 0. The van der Waals surface area contributed by atoms with Gasteiger partial charge in [-0.05, 0) is 0 Å². The lowest BCUT2D eigenvalue weighted by atomic mass is 10.7. The molecule has 0 radical (unpaired) electrons. The summed E-state index contributed by atoms with van der Waals surface area (Å²) in [7, 11) is 1.53. The highest BCUT2D eigenvalue weighted by Crippen LogP contribution is 1.59.